The molecule has 0 radical (unpaired) electrons. The summed E-state index contributed by atoms with van der Waals surface area (Å²) in [5.41, 5.74) is -1.19. The first-order valence-corrected chi connectivity index (χ1v) is 7.46. The van der Waals surface area contributed by atoms with Gasteiger partial charge < -0.3 is 4.90 Å². The number of aromatic nitrogens is 5. The van der Waals surface area contributed by atoms with E-state index < -0.39 is 30.1 Å². The van der Waals surface area contributed by atoms with Gasteiger partial charge in [-0.2, -0.15) is 10.2 Å². The Morgan fingerprint density at radius 1 is 1.23 bits per heavy atom. The molecule has 11 heteroatoms. The number of fused-ring (bicyclic) bond motifs is 1. The average molecular weight is 370 g/mol. The minimum Gasteiger partial charge on any atom is -0.336 e. The number of aryl methyl sites for hydroxylation is 1. The molecule has 0 aliphatic carbocycles. The zero-order chi connectivity index (χ0) is 19.0. The molecule has 0 saturated heterocycles. The van der Waals surface area contributed by atoms with E-state index in [1.165, 1.54) is 11.9 Å². The number of amides is 1. The Labute approximate surface area is 144 Å². The smallest absolute Gasteiger partial charge is 0.280 e. The van der Waals surface area contributed by atoms with Crippen LogP contribution >= 0.6 is 0 Å². The maximum atomic E-state index is 13.2. The molecule has 0 fully saturated rings. The van der Waals surface area contributed by atoms with Gasteiger partial charge in [0.25, 0.3) is 18.8 Å². The maximum Gasteiger partial charge on any atom is 0.280 e. The summed E-state index contributed by atoms with van der Waals surface area (Å²) in [7, 11) is 3.23. The normalized spacial score (nSPS) is 11.7. The van der Waals surface area contributed by atoms with Crippen LogP contribution in [0.2, 0.25) is 0 Å². The minimum absolute atomic E-state index is 0.169. The summed E-state index contributed by atoms with van der Waals surface area (Å²) in [4.78, 5) is 17.4. The summed E-state index contributed by atoms with van der Waals surface area (Å²) in [5.74, 6) is -0.557. The molecule has 0 aromatic carbocycles. The first-order chi connectivity index (χ1) is 12.3. The van der Waals surface area contributed by atoms with E-state index in [-0.39, 0.29) is 17.9 Å². The number of hydrogen-bond donors (Lipinski definition) is 0. The number of nitrogens with zero attached hydrogens (tertiary/aromatic N) is 6. The van der Waals surface area contributed by atoms with Crippen LogP contribution in [0, 0.1) is 0 Å². The van der Waals surface area contributed by atoms with E-state index in [9.17, 15) is 22.4 Å². The van der Waals surface area contributed by atoms with E-state index in [1.54, 1.807) is 24.1 Å². The van der Waals surface area contributed by atoms with Crippen LogP contribution in [0.3, 0.4) is 0 Å². The van der Waals surface area contributed by atoms with Gasteiger partial charge in [-0.3, -0.25) is 9.48 Å². The molecule has 0 aliphatic heterocycles. The van der Waals surface area contributed by atoms with E-state index in [0.29, 0.717) is 10.6 Å². The van der Waals surface area contributed by atoms with Gasteiger partial charge in [0.15, 0.2) is 11.3 Å². The molecule has 3 aromatic heterocycles. The predicted molar refractivity (Wildman–Crippen MR) is 81.9 cm³/mol. The molecule has 0 saturated carbocycles. The van der Waals surface area contributed by atoms with Crippen LogP contribution in [-0.2, 0) is 13.6 Å². The molecule has 1 amide bonds. The third kappa shape index (κ3) is 3.37. The fourth-order valence-corrected chi connectivity index (χ4v) is 2.48. The molecule has 3 heterocycles. The molecular weight excluding hydrogens is 356 g/mol. The monoisotopic (exact) mass is 370 g/mol. The fraction of sp³-hybridized carbons (Fsp3) is 0.333. The first kappa shape index (κ1) is 17.8. The third-order valence-corrected chi connectivity index (χ3v) is 3.67. The van der Waals surface area contributed by atoms with E-state index in [2.05, 4.69) is 15.2 Å². The zero-order valence-electron chi connectivity index (χ0n) is 13.8. The lowest BCUT2D eigenvalue weighted by Gasteiger charge is -2.14. The lowest BCUT2D eigenvalue weighted by molar-refractivity contribution is 0.0778. The van der Waals surface area contributed by atoms with Gasteiger partial charge in [0.1, 0.15) is 11.4 Å². The van der Waals surface area contributed by atoms with Crippen molar-refractivity contribution in [3.05, 3.63) is 47.2 Å². The van der Waals surface area contributed by atoms with E-state index in [0.717, 1.165) is 11.6 Å². The summed E-state index contributed by atoms with van der Waals surface area (Å²) in [6.07, 6.45) is -2.76. The second-order valence-corrected chi connectivity index (χ2v) is 5.69. The third-order valence-electron chi connectivity index (χ3n) is 3.67. The number of carbonyl (C=O) groups excluding carboxylic acids is 1. The zero-order valence-corrected chi connectivity index (χ0v) is 13.8. The SMILES string of the molecule is CN(Cc1cnn(C)c1)C(=O)c1cc2nc(C(F)F)cc(C(F)F)n2n1. The second-order valence-electron chi connectivity index (χ2n) is 5.69. The molecule has 0 atom stereocenters. The van der Waals surface area contributed by atoms with Crippen molar-refractivity contribution in [1.29, 1.82) is 0 Å². The molecule has 0 bridgehead atoms. The summed E-state index contributed by atoms with van der Waals surface area (Å²) in [6, 6.07) is 1.70. The van der Waals surface area contributed by atoms with Gasteiger partial charge in [-0.1, -0.05) is 0 Å². The standard InChI is InChI=1S/C15H14F4N6O/c1-23(6-8-5-20-24(2)7-8)15(26)10-4-12-21-9(13(16)17)3-11(14(18)19)25(12)22-10/h3-5,7,13-14H,6H2,1-2H3. The van der Waals surface area contributed by atoms with Gasteiger partial charge in [-0.15, -0.1) is 0 Å². The van der Waals surface area contributed by atoms with Crippen LogP contribution in [-0.4, -0.2) is 42.2 Å². The number of rotatable bonds is 5. The molecule has 0 aliphatic rings. The topological polar surface area (TPSA) is 68.3 Å². The van der Waals surface area contributed by atoms with Crippen LogP contribution in [0.4, 0.5) is 17.6 Å². The van der Waals surface area contributed by atoms with E-state index in [4.69, 9.17) is 0 Å². The van der Waals surface area contributed by atoms with Crippen molar-refractivity contribution in [3.8, 4) is 0 Å². The highest BCUT2D eigenvalue weighted by atomic mass is 19.3. The summed E-state index contributed by atoms with van der Waals surface area (Å²) in [5, 5.41) is 7.81. The van der Waals surface area contributed by atoms with Gasteiger partial charge in [0.05, 0.1) is 6.20 Å². The van der Waals surface area contributed by atoms with Crippen LogP contribution in [0.1, 0.15) is 40.3 Å². The van der Waals surface area contributed by atoms with Gasteiger partial charge in [0.2, 0.25) is 0 Å². The predicted octanol–water partition coefficient (Wildman–Crippen LogP) is 2.61. The van der Waals surface area contributed by atoms with Crippen molar-refractivity contribution in [2.75, 3.05) is 7.05 Å². The van der Waals surface area contributed by atoms with Crippen molar-refractivity contribution in [2.24, 2.45) is 7.05 Å². The van der Waals surface area contributed by atoms with Gasteiger partial charge >= 0.3 is 0 Å². The lowest BCUT2D eigenvalue weighted by Crippen LogP contribution is -2.26. The Balaban J connectivity index is 1.94. The highest BCUT2D eigenvalue weighted by Crippen LogP contribution is 2.25. The van der Waals surface area contributed by atoms with Gasteiger partial charge in [-0.25, -0.2) is 27.1 Å². The van der Waals surface area contributed by atoms with Crippen molar-refractivity contribution in [1.82, 2.24) is 29.3 Å². The summed E-state index contributed by atoms with van der Waals surface area (Å²) >= 11 is 0. The number of carbonyl (C=O) groups is 1. The molecule has 26 heavy (non-hydrogen) atoms. The van der Waals surface area contributed by atoms with Crippen LogP contribution < -0.4 is 0 Å². The Bertz CT molecular complexity index is 951. The van der Waals surface area contributed by atoms with Crippen molar-refractivity contribution in [3.63, 3.8) is 0 Å². The number of hydrogen-bond acceptors (Lipinski definition) is 4. The Morgan fingerprint density at radius 2 is 1.96 bits per heavy atom. The fourth-order valence-electron chi connectivity index (χ4n) is 2.48. The molecule has 3 aromatic rings. The highest BCUT2D eigenvalue weighted by Gasteiger charge is 2.23. The van der Waals surface area contributed by atoms with Crippen LogP contribution in [0.5, 0.6) is 0 Å². The summed E-state index contributed by atoms with van der Waals surface area (Å²) in [6.45, 7) is 0.220. The Morgan fingerprint density at radius 3 is 2.54 bits per heavy atom. The number of alkyl halides is 4. The largest absolute Gasteiger partial charge is 0.336 e. The lowest BCUT2D eigenvalue weighted by atomic mass is 10.3. The molecule has 3 rings (SSSR count). The first-order valence-electron chi connectivity index (χ1n) is 7.46. The van der Waals surface area contributed by atoms with E-state index >= 15 is 0 Å². The molecule has 0 unspecified atom stereocenters. The van der Waals surface area contributed by atoms with E-state index in [1.807, 2.05) is 0 Å². The highest BCUT2D eigenvalue weighted by molar-refractivity contribution is 5.93. The molecule has 7 nitrogen and oxygen atoms in total. The van der Waals surface area contributed by atoms with Gasteiger partial charge in [-0.05, 0) is 6.07 Å². The van der Waals surface area contributed by atoms with Crippen molar-refractivity contribution in [2.45, 2.75) is 19.4 Å². The molecule has 0 spiro atoms. The van der Waals surface area contributed by atoms with Crippen molar-refractivity contribution >= 4 is 11.6 Å². The Hall–Kier alpha value is -2.98. The molecular formula is C15H14F4N6O. The maximum absolute atomic E-state index is 13.2. The van der Waals surface area contributed by atoms with Crippen LogP contribution in [0.25, 0.3) is 5.65 Å². The second kappa shape index (κ2) is 6.73. The van der Waals surface area contributed by atoms with Crippen molar-refractivity contribution < 1.29 is 22.4 Å². The van der Waals surface area contributed by atoms with Crippen LogP contribution in [0.15, 0.2) is 24.5 Å². The molecule has 0 N–H and O–H groups in total. The Kier molecular flexibility index (Phi) is 4.62. The molecule has 138 valence electrons. The van der Waals surface area contributed by atoms with Gasteiger partial charge in [0, 0.05) is 38.5 Å². The minimum atomic E-state index is -3.05. The average Bonchev–Trinajstić information content (AvgIpc) is 3.18. The number of halogens is 4. The quantitative estimate of drug-likeness (QED) is 0.648. The summed E-state index contributed by atoms with van der Waals surface area (Å²) < 4.78 is 54.3.